The normalized spacial score (nSPS) is 21.1. The second kappa shape index (κ2) is 5.44. The van der Waals surface area contributed by atoms with Crippen molar-refractivity contribution >= 4 is 5.91 Å². The lowest BCUT2D eigenvalue weighted by Crippen LogP contribution is -2.44. The van der Waals surface area contributed by atoms with Crippen molar-refractivity contribution in [3.05, 3.63) is 35.6 Å². The summed E-state index contributed by atoms with van der Waals surface area (Å²) in [6.07, 6.45) is -0.214. The van der Waals surface area contributed by atoms with Crippen molar-refractivity contribution in [2.75, 3.05) is 13.1 Å². The summed E-state index contributed by atoms with van der Waals surface area (Å²) in [5.74, 6) is -0.557. The topological polar surface area (TPSA) is 46.3 Å². The smallest absolute Gasteiger partial charge is 0.239 e. The van der Waals surface area contributed by atoms with Gasteiger partial charge >= 0.3 is 0 Å². The molecule has 1 fully saturated rings. The highest BCUT2D eigenvalue weighted by molar-refractivity contribution is 5.82. The number of carbonyl (C=O) groups excluding carboxylic acids is 1. The molecular weight excluding hydrogens is 238 g/mol. The van der Waals surface area contributed by atoms with Crippen molar-refractivity contribution in [3.63, 3.8) is 0 Å². The second-order valence-electron chi connectivity index (χ2n) is 4.61. The molecule has 98 valence electrons. The van der Waals surface area contributed by atoms with Gasteiger partial charge in [0, 0.05) is 6.54 Å². The Bertz CT molecular complexity index is 422. The van der Waals surface area contributed by atoms with E-state index >= 15 is 0 Å². The van der Waals surface area contributed by atoms with Gasteiger partial charge in [-0.3, -0.25) is 4.79 Å². The molecule has 0 aliphatic carbocycles. The number of alkyl halides is 1. The fourth-order valence-corrected chi connectivity index (χ4v) is 2.11. The molecule has 1 aromatic carbocycles. The van der Waals surface area contributed by atoms with Crippen LogP contribution in [-0.4, -0.2) is 36.1 Å². The molecule has 0 spiro atoms. The van der Waals surface area contributed by atoms with Crippen LogP contribution in [0.15, 0.2) is 24.3 Å². The van der Waals surface area contributed by atoms with E-state index in [2.05, 4.69) is 0 Å². The molecule has 2 N–H and O–H groups in total. The summed E-state index contributed by atoms with van der Waals surface area (Å²) in [5.41, 5.74) is 6.60. The fraction of sp³-hybridized carbons (Fsp3) is 0.462. The largest absolute Gasteiger partial charge is 0.338 e. The van der Waals surface area contributed by atoms with Crippen LogP contribution in [0, 0.1) is 5.82 Å². The summed E-state index contributed by atoms with van der Waals surface area (Å²) in [4.78, 5) is 13.4. The molecule has 1 amide bonds. The van der Waals surface area contributed by atoms with Gasteiger partial charge < -0.3 is 10.6 Å². The number of nitrogens with two attached hydrogens (primary N) is 1. The Kier molecular flexibility index (Phi) is 3.91. The number of hydrogen-bond donors (Lipinski definition) is 1. The van der Waals surface area contributed by atoms with Crippen molar-refractivity contribution in [3.8, 4) is 0 Å². The van der Waals surface area contributed by atoms with E-state index in [0.29, 0.717) is 19.4 Å². The highest BCUT2D eigenvalue weighted by Gasteiger charge is 2.29. The molecule has 1 aliphatic heterocycles. The van der Waals surface area contributed by atoms with E-state index < -0.39 is 12.2 Å². The Balaban J connectivity index is 1.93. The van der Waals surface area contributed by atoms with Crippen LogP contribution in [0.25, 0.3) is 0 Å². The first-order chi connectivity index (χ1) is 8.56. The third kappa shape index (κ3) is 3.04. The van der Waals surface area contributed by atoms with E-state index in [0.717, 1.165) is 5.56 Å². The Morgan fingerprint density at radius 1 is 1.44 bits per heavy atom. The lowest BCUT2D eigenvalue weighted by Gasteiger charge is -2.20. The molecule has 0 aromatic heterocycles. The van der Waals surface area contributed by atoms with E-state index in [9.17, 15) is 13.6 Å². The molecule has 3 nitrogen and oxygen atoms in total. The standard InChI is InChI=1S/C13H16F2N2O/c14-10-3-1-9(2-4-10)7-12(16)13(18)17-6-5-11(15)8-17/h1-4,11-12H,5-8,16H2/t11-,12?/m0/s1. The summed E-state index contributed by atoms with van der Waals surface area (Å²) in [6, 6.07) is 5.18. The molecule has 1 aromatic rings. The van der Waals surface area contributed by atoms with Gasteiger partial charge in [0.1, 0.15) is 12.0 Å². The van der Waals surface area contributed by atoms with Crippen molar-refractivity contribution in [2.45, 2.75) is 25.1 Å². The van der Waals surface area contributed by atoms with Crippen LogP contribution in [0.4, 0.5) is 8.78 Å². The summed E-state index contributed by atoms with van der Waals surface area (Å²) in [5, 5.41) is 0. The third-order valence-electron chi connectivity index (χ3n) is 3.13. The van der Waals surface area contributed by atoms with Crippen LogP contribution < -0.4 is 5.73 Å². The van der Waals surface area contributed by atoms with E-state index in [-0.39, 0.29) is 18.3 Å². The van der Waals surface area contributed by atoms with Gasteiger partial charge in [-0.2, -0.15) is 0 Å². The third-order valence-corrected chi connectivity index (χ3v) is 3.13. The van der Waals surface area contributed by atoms with Gasteiger partial charge in [-0.15, -0.1) is 0 Å². The second-order valence-corrected chi connectivity index (χ2v) is 4.61. The highest BCUT2D eigenvalue weighted by atomic mass is 19.1. The SMILES string of the molecule is NC(Cc1ccc(F)cc1)C(=O)N1CC[C@H](F)C1. The molecule has 1 saturated heterocycles. The molecule has 1 aliphatic rings. The lowest BCUT2D eigenvalue weighted by atomic mass is 10.1. The van der Waals surface area contributed by atoms with E-state index in [4.69, 9.17) is 5.73 Å². The zero-order valence-electron chi connectivity index (χ0n) is 9.98. The van der Waals surface area contributed by atoms with Crippen molar-refractivity contribution in [1.29, 1.82) is 0 Å². The maximum absolute atomic E-state index is 13.0. The minimum Gasteiger partial charge on any atom is -0.338 e. The monoisotopic (exact) mass is 254 g/mol. The van der Waals surface area contributed by atoms with Crippen molar-refractivity contribution < 1.29 is 13.6 Å². The zero-order valence-corrected chi connectivity index (χ0v) is 9.98. The molecule has 0 radical (unpaired) electrons. The molecule has 5 heteroatoms. The van der Waals surface area contributed by atoms with Crippen LogP contribution in [0.3, 0.4) is 0 Å². The minimum absolute atomic E-state index is 0.135. The number of likely N-dealkylation sites (tertiary alicyclic amines) is 1. The van der Waals surface area contributed by atoms with Crippen LogP contribution >= 0.6 is 0 Å². The average molecular weight is 254 g/mol. The number of hydrogen-bond acceptors (Lipinski definition) is 2. The molecule has 18 heavy (non-hydrogen) atoms. The maximum atomic E-state index is 13.0. The van der Waals surface area contributed by atoms with E-state index in [1.807, 2.05) is 0 Å². The first kappa shape index (κ1) is 13.0. The number of nitrogens with zero attached hydrogens (tertiary/aromatic N) is 1. The molecule has 2 atom stereocenters. The Hall–Kier alpha value is -1.49. The predicted octanol–water partition coefficient (Wildman–Crippen LogP) is 1.27. The number of benzene rings is 1. The highest BCUT2D eigenvalue weighted by Crippen LogP contribution is 2.14. The van der Waals surface area contributed by atoms with Crippen LogP contribution in [0.2, 0.25) is 0 Å². The van der Waals surface area contributed by atoms with Gasteiger partial charge in [0.15, 0.2) is 0 Å². The maximum Gasteiger partial charge on any atom is 0.239 e. The Labute approximate surface area is 105 Å². The van der Waals surface area contributed by atoms with Gasteiger partial charge in [-0.05, 0) is 30.5 Å². The number of rotatable bonds is 3. The van der Waals surface area contributed by atoms with Crippen molar-refractivity contribution in [1.82, 2.24) is 4.90 Å². The van der Waals surface area contributed by atoms with Gasteiger partial charge in [0.2, 0.25) is 5.91 Å². The molecule has 1 unspecified atom stereocenters. The average Bonchev–Trinajstić information content (AvgIpc) is 2.78. The number of amides is 1. The Morgan fingerprint density at radius 3 is 2.67 bits per heavy atom. The molecule has 1 heterocycles. The molecule has 0 saturated carbocycles. The molecule has 2 rings (SSSR count). The van der Waals surface area contributed by atoms with E-state index in [1.165, 1.54) is 17.0 Å². The van der Waals surface area contributed by atoms with E-state index in [1.54, 1.807) is 12.1 Å². The number of carbonyl (C=O) groups is 1. The first-order valence-corrected chi connectivity index (χ1v) is 5.99. The first-order valence-electron chi connectivity index (χ1n) is 5.99. The molecular formula is C13H16F2N2O. The summed E-state index contributed by atoms with van der Waals surface area (Å²) < 4.78 is 25.7. The van der Waals surface area contributed by atoms with Crippen LogP contribution in [-0.2, 0) is 11.2 Å². The van der Waals surface area contributed by atoms with Gasteiger partial charge in [0.05, 0.1) is 12.6 Å². The quantitative estimate of drug-likeness (QED) is 0.883. The van der Waals surface area contributed by atoms with Gasteiger partial charge in [-0.1, -0.05) is 12.1 Å². The van der Waals surface area contributed by atoms with Gasteiger partial charge in [0.25, 0.3) is 0 Å². The van der Waals surface area contributed by atoms with Gasteiger partial charge in [-0.25, -0.2) is 8.78 Å². The predicted molar refractivity (Wildman–Crippen MR) is 64.2 cm³/mol. The summed E-state index contributed by atoms with van der Waals surface area (Å²) in [7, 11) is 0. The summed E-state index contributed by atoms with van der Waals surface area (Å²) >= 11 is 0. The zero-order chi connectivity index (χ0) is 13.1. The Morgan fingerprint density at radius 2 is 2.11 bits per heavy atom. The number of halogens is 2. The van der Waals surface area contributed by atoms with Crippen LogP contribution in [0.1, 0.15) is 12.0 Å². The van der Waals surface area contributed by atoms with Crippen LogP contribution in [0.5, 0.6) is 0 Å². The lowest BCUT2D eigenvalue weighted by molar-refractivity contribution is -0.131. The fourth-order valence-electron chi connectivity index (χ4n) is 2.11. The summed E-state index contributed by atoms with van der Waals surface area (Å²) in [6.45, 7) is 0.563. The molecule has 0 bridgehead atoms. The van der Waals surface area contributed by atoms with Crippen molar-refractivity contribution in [2.24, 2.45) is 5.73 Å². The minimum atomic E-state index is -0.938.